The molecule has 3 aromatic rings. The molecule has 4 nitrogen and oxygen atoms in total. The molecule has 4 heteroatoms. The van der Waals surface area contributed by atoms with Gasteiger partial charge in [-0.05, 0) is 31.0 Å². The molecule has 1 atom stereocenters. The second-order valence-electron chi connectivity index (χ2n) is 4.97. The first-order valence-corrected chi connectivity index (χ1v) is 6.70. The first-order chi connectivity index (χ1) is 9.72. The van der Waals surface area contributed by atoms with E-state index in [9.17, 15) is 0 Å². The van der Waals surface area contributed by atoms with Gasteiger partial charge in [0.05, 0.1) is 12.2 Å². The molecule has 0 spiro atoms. The van der Waals surface area contributed by atoms with Crippen molar-refractivity contribution in [2.24, 2.45) is 7.05 Å². The highest BCUT2D eigenvalue weighted by molar-refractivity contribution is 5.85. The summed E-state index contributed by atoms with van der Waals surface area (Å²) in [7, 11) is 3.95. The van der Waals surface area contributed by atoms with Crippen LogP contribution in [0.4, 0.5) is 0 Å². The van der Waals surface area contributed by atoms with Crippen molar-refractivity contribution in [3.8, 4) is 0 Å². The normalized spacial score (nSPS) is 12.8. The van der Waals surface area contributed by atoms with E-state index in [-0.39, 0.29) is 6.04 Å². The van der Waals surface area contributed by atoms with Crippen LogP contribution in [0.2, 0.25) is 0 Å². The van der Waals surface area contributed by atoms with Crippen molar-refractivity contribution >= 4 is 10.8 Å². The van der Waals surface area contributed by atoms with Crippen LogP contribution in [0.5, 0.6) is 0 Å². The minimum absolute atomic E-state index is 0.134. The van der Waals surface area contributed by atoms with E-state index < -0.39 is 0 Å². The summed E-state index contributed by atoms with van der Waals surface area (Å²) in [6, 6.07) is 8.54. The number of nitrogens with one attached hydrogen (secondary N) is 1. The van der Waals surface area contributed by atoms with E-state index in [1.165, 1.54) is 22.2 Å². The van der Waals surface area contributed by atoms with Crippen LogP contribution in [0.15, 0.2) is 42.9 Å². The molecule has 1 N–H and O–H groups in total. The number of pyridine rings is 1. The van der Waals surface area contributed by atoms with Crippen LogP contribution in [0.3, 0.4) is 0 Å². The number of aryl methyl sites for hydroxylation is 1. The third-order valence-electron chi connectivity index (χ3n) is 3.90. The fourth-order valence-electron chi connectivity index (χ4n) is 2.68. The highest BCUT2D eigenvalue weighted by atomic mass is 15.3. The molecular formula is C16H18N4. The largest absolute Gasteiger partial charge is 0.309 e. The standard InChI is InChI=1S/C16H18N4/c1-11-15(10-19-20(11)3)16(17-2)14-6-4-5-12-9-18-8-7-13(12)14/h4-10,16-17H,1-3H3. The second kappa shape index (κ2) is 5.06. The van der Waals surface area contributed by atoms with Gasteiger partial charge < -0.3 is 5.32 Å². The number of rotatable bonds is 3. The zero-order valence-electron chi connectivity index (χ0n) is 12.0. The Morgan fingerprint density at radius 3 is 2.70 bits per heavy atom. The van der Waals surface area contributed by atoms with E-state index in [1.54, 1.807) is 0 Å². The lowest BCUT2D eigenvalue weighted by atomic mass is 9.95. The number of hydrogen-bond acceptors (Lipinski definition) is 3. The quantitative estimate of drug-likeness (QED) is 0.792. The average molecular weight is 266 g/mol. The topological polar surface area (TPSA) is 42.7 Å². The van der Waals surface area contributed by atoms with Crippen molar-refractivity contribution in [1.29, 1.82) is 0 Å². The molecule has 0 radical (unpaired) electrons. The van der Waals surface area contributed by atoms with Gasteiger partial charge in [0, 0.05) is 36.1 Å². The van der Waals surface area contributed by atoms with Gasteiger partial charge in [-0.3, -0.25) is 9.67 Å². The van der Waals surface area contributed by atoms with Crippen molar-refractivity contribution in [3.05, 3.63) is 59.7 Å². The smallest absolute Gasteiger partial charge is 0.0614 e. The second-order valence-corrected chi connectivity index (χ2v) is 4.97. The average Bonchev–Trinajstić information content (AvgIpc) is 2.81. The molecule has 0 saturated carbocycles. The first kappa shape index (κ1) is 12.8. The van der Waals surface area contributed by atoms with Crippen LogP contribution in [-0.2, 0) is 7.05 Å². The van der Waals surface area contributed by atoms with E-state index in [2.05, 4.69) is 46.6 Å². The summed E-state index contributed by atoms with van der Waals surface area (Å²) in [5, 5.41) is 10.1. The summed E-state index contributed by atoms with van der Waals surface area (Å²) in [6.07, 6.45) is 5.69. The van der Waals surface area contributed by atoms with E-state index in [0.29, 0.717) is 0 Å². The molecule has 0 aliphatic rings. The van der Waals surface area contributed by atoms with Crippen molar-refractivity contribution in [2.45, 2.75) is 13.0 Å². The molecule has 2 aromatic heterocycles. The summed E-state index contributed by atoms with van der Waals surface area (Å²) in [5.41, 5.74) is 3.64. The highest BCUT2D eigenvalue weighted by Crippen LogP contribution is 2.29. The molecule has 0 aliphatic heterocycles. The Kier molecular flexibility index (Phi) is 3.24. The van der Waals surface area contributed by atoms with Crippen molar-refractivity contribution < 1.29 is 0 Å². The monoisotopic (exact) mass is 266 g/mol. The maximum atomic E-state index is 4.35. The molecule has 0 saturated heterocycles. The van der Waals surface area contributed by atoms with Gasteiger partial charge in [-0.25, -0.2) is 0 Å². The molecule has 3 rings (SSSR count). The van der Waals surface area contributed by atoms with Crippen LogP contribution in [0, 0.1) is 6.92 Å². The summed E-state index contributed by atoms with van der Waals surface area (Å²) < 4.78 is 1.91. The Labute approximate surface area is 118 Å². The number of aromatic nitrogens is 3. The lowest BCUT2D eigenvalue weighted by Gasteiger charge is -2.18. The van der Waals surface area contributed by atoms with E-state index in [0.717, 1.165) is 5.39 Å². The molecule has 2 heterocycles. The number of hydrogen-bond donors (Lipinski definition) is 1. The van der Waals surface area contributed by atoms with Crippen LogP contribution in [0.1, 0.15) is 22.9 Å². The Balaban J connectivity index is 2.19. The zero-order valence-corrected chi connectivity index (χ0v) is 12.0. The summed E-state index contributed by atoms with van der Waals surface area (Å²) in [5.74, 6) is 0. The molecule has 20 heavy (non-hydrogen) atoms. The van der Waals surface area contributed by atoms with Crippen LogP contribution >= 0.6 is 0 Å². The van der Waals surface area contributed by atoms with Gasteiger partial charge in [-0.2, -0.15) is 5.10 Å². The van der Waals surface area contributed by atoms with E-state index in [1.807, 2.05) is 37.4 Å². The van der Waals surface area contributed by atoms with Crippen LogP contribution in [0.25, 0.3) is 10.8 Å². The number of benzene rings is 1. The maximum Gasteiger partial charge on any atom is 0.0614 e. The molecule has 1 aromatic carbocycles. The molecular weight excluding hydrogens is 248 g/mol. The molecule has 0 amide bonds. The van der Waals surface area contributed by atoms with Crippen molar-refractivity contribution in [3.63, 3.8) is 0 Å². The van der Waals surface area contributed by atoms with Gasteiger partial charge in [0.1, 0.15) is 0 Å². The summed E-state index contributed by atoms with van der Waals surface area (Å²) in [6.45, 7) is 2.10. The third-order valence-corrected chi connectivity index (χ3v) is 3.90. The van der Waals surface area contributed by atoms with Crippen LogP contribution < -0.4 is 5.32 Å². The maximum absolute atomic E-state index is 4.35. The lowest BCUT2D eigenvalue weighted by Crippen LogP contribution is -2.18. The molecule has 102 valence electrons. The highest BCUT2D eigenvalue weighted by Gasteiger charge is 2.18. The Hall–Kier alpha value is -2.20. The molecule has 1 unspecified atom stereocenters. The predicted octanol–water partition coefficient (Wildman–Crippen LogP) is 2.59. The fraction of sp³-hybridized carbons (Fsp3) is 0.250. The minimum Gasteiger partial charge on any atom is -0.309 e. The first-order valence-electron chi connectivity index (χ1n) is 6.70. The molecule has 0 aliphatic carbocycles. The van der Waals surface area contributed by atoms with Gasteiger partial charge in [0.2, 0.25) is 0 Å². The Bertz CT molecular complexity index is 740. The number of nitrogens with zero attached hydrogens (tertiary/aromatic N) is 3. The Morgan fingerprint density at radius 2 is 2.00 bits per heavy atom. The van der Waals surface area contributed by atoms with Gasteiger partial charge in [0.15, 0.2) is 0 Å². The lowest BCUT2D eigenvalue weighted by molar-refractivity contribution is 0.683. The third kappa shape index (κ3) is 1.98. The van der Waals surface area contributed by atoms with Gasteiger partial charge in [-0.15, -0.1) is 0 Å². The summed E-state index contributed by atoms with van der Waals surface area (Å²) in [4.78, 5) is 4.20. The van der Waals surface area contributed by atoms with Crippen molar-refractivity contribution in [2.75, 3.05) is 7.05 Å². The zero-order chi connectivity index (χ0) is 14.1. The van der Waals surface area contributed by atoms with Gasteiger partial charge in [0.25, 0.3) is 0 Å². The summed E-state index contributed by atoms with van der Waals surface area (Å²) >= 11 is 0. The SMILES string of the molecule is CNC(c1cnn(C)c1C)c1cccc2cnccc12. The Morgan fingerprint density at radius 1 is 1.15 bits per heavy atom. The molecule has 0 bridgehead atoms. The molecule has 0 fully saturated rings. The van der Waals surface area contributed by atoms with Crippen LogP contribution in [-0.4, -0.2) is 21.8 Å². The fourth-order valence-corrected chi connectivity index (χ4v) is 2.68. The number of fused-ring (bicyclic) bond motifs is 1. The van der Waals surface area contributed by atoms with Gasteiger partial charge in [-0.1, -0.05) is 18.2 Å². The predicted molar refractivity (Wildman–Crippen MR) is 80.6 cm³/mol. The van der Waals surface area contributed by atoms with E-state index in [4.69, 9.17) is 0 Å². The minimum atomic E-state index is 0.134. The van der Waals surface area contributed by atoms with E-state index >= 15 is 0 Å². The van der Waals surface area contributed by atoms with Gasteiger partial charge >= 0.3 is 0 Å². The van der Waals surface area contributed by atoms with Crippen molar-refractivity contribution in [1.82, 2.24) is 20.1 Å².